The largest absolute Gasteiger partial charge is 0.471 e. The Labute approximate surface area is 210 Å². The summed E-state index contributed by atoms with van der Waals surface area (Å²) in [6.07, 6.45) is 3.02. The number of hydrogen-bond acceptors (Lipinski definition) is 7. The molecule has 1 aromatic heterocycles. The normalized spacial score (nSPS) is 19.8. The summed E-state index contributed by atoms with van der Waals surface area (Å²) in [7, 11) is 2.17. The molecule has 2 aliphatic rings. The third-order valence-corrected chi connectivity index (χ3v) is 7.34. The number of aromatic nitrogens is 1. The molecule has 190 valence electrons. The number of amides is 3. The molecule has 4 N–H and O–H groups in total. The second-order valence-corrected chi connectivity index (χ2v) is 9.97. The van der Waals surface area contributed by atoms with Crippen LogP contribution in [0.2, 0.25) is 5.02 Å². The van der Waals surface area contributed by atoms with E-state index in [9.17, 15) is 18.4 Å². The molecule has 2 unspecified atom stereocenters. The Balaban J connectivity index is 1.24. The molecule has 1 aromatic carbocycles. The highest BCUT2D eigenvalue weighted by Crippen LogP contribution is 2.32. The van der Waals surface area contributed by atoms with Crippen LogP contribution in [0, 0.1) is 11.6 Å². The Hall–Kier alpha value is -2.54. The zero-order valence-electron chi connectivity index (χ0n) is 19.2. The van der Waals surface area contributed by atoms with Crippen LogP contribution in [0.3, 0.4) is 0 Å². The number of carbonyl (C=O) groups is 2. The van der Waals surface area contributed by atoms with Gasteiger partial charge >= 0.3 is 6.03 Å². The maximum Gasteiger partial charge on any atom is 0.319 e. The summed E-state index contributed by atoms with van der Waals surface area (Å²) >= 11 is 6.40. The Bertz CT molecular complexity index is 1080. The molecule has 2 aromatic rings. The van der Waals surface area contributed by atoms with Gasteiger partial charge in [0, 0.05) is 36.7 Å². The van der Waals surface area contributed by atoms with Gasteiger partial charge < -0.3 is 20.7 Å². The number of anilines is 1. The molecule has 2 atom stereocenters. The molecule has 0 spiro atoms. The fraction of sp³-hybridized carbons (Fsp3) is 0.500. The highest BCUT2D eigenvalue weighted by Gasteiger charge is 2.40. The quantitative estimate of drug-likeness (QED) is 0.409. The molecular formula is C22H27ClF2N6O3S. The van der Waals surface area contributed by atoms with Gasteiger partial charge in [0.1, 0.15) is 28.8 Å². The molecule has 2 bridgehead atoms. The molecule has 2 saturated heterocycles. The molecule has 9 nitrogen and oxygen atoms in total. The van der Waals surface area contributed by atoms with Gasteiger partial charge in [-0.3, -0.25) is 15.0 Å². The van der Waals surface area contributed by atoms with Crippen molar-refractivity contribution in [2.75, 3.05) is 38.5 Å². The average Bonchev–Trinajstić information content (AvgIpc) is 3.46. The van der Waals surface area contributed by atoms with Gasteiger partial charge in [0.2, 0.25) is 5.88 Å². The number of benzene rings is 1. The first-order valence-corrected chi connectivity index (χ1v) is 12.4. The first kappa shape index (κ1) is 25.5. The molecule has 3 amide bonds. The number of likely N-dealkylation sites (tertiary alicyclic amines) is 2. The minimum absolute atomic E-state index is 0.0826. The summed E-state index contributed by atoms with van der Waals surface area (Å²) in [5, 5.41) is 5.28. The van der Waals surface area contributed by atoms with Crippen LogP contribution in [0.25, 0.3) is 0 Å². The van der Waals surface area contributed by atoms with E-state index in [4.69, 9.17) is 22.1 Å². The number of primary amides is 1. The van der Waals surface area contributed by atoms with Crippen molar-refractivity contribution in [3.8, 4) is 5.88 Å². The maximum atomic E-state index is 14.0. The van der Waals surface area contributed by atoms with Gasteiger partial charge in [-0.2, -0.15) is 4.37 Å². The zero-order chi connectivity index (χ0) is 25.1. The van der Waals surface area contributed by atoms with E-state index in [0.29, 0.717) is 18.6 Å². The monoisotopic (exact) mass is 528 g/mol. The van der Waals surface area contributed by atoms with Crippen molar-refractivity contribution in [2.24, 2.45) is 5.73 Å². The Morgan fingerprint density at radius 2 is 2.00 bits per heavy atom. The lowest BCUT2D eigenvalue weighted by atomic mass is 10.2. The van der Waals surface area contributed by atoms with Crippen LogP contribution >= 0.6 is 23.1 Å². The minimum Gasteiger partial charge on any atom is -0.471 e. The molecule has 0 aliphatic carbocycles. The van der Waals surface area contributed by atoms with Crippen molar-refractivity contribution in [3.63, 3.8) is 0 Å². The Morgan fingerprint density at radius 1 is 1.26 bits per heavy atom. The summed E-state index contributed by atoms with van der Waals surface area (Å²) in [5.41, 5.74) is 4.87. The maximum absolute atomic E-state index is 14.0. The first-order chi connectivity index (χ1) is 16.7. The molecule has 4 rings (SSSR count). The number of urea groups is 1. The molecule has 0 saturated carbocycles. The first-order valence-electron chi connectivity index (χ1n) is 11.3. The smallest absolute Gasteiger partial charge is 0.319 e. The number of rotatable bonds is 10. The summed E-state index contributed by atoms with van der Waals surface area (Å²) in [6.45, 7) is 3.17. The Morgan fingerprint density at radius 3 is 2.63 bits per heavy atom. The lowest BCUT2D eigenvalue weighted by Crippen LogP contribution is -2.44. The molecule has 35 heavy (non-hydrogen) atoms. The number of halogens is 3. The van der Waals surface area contributed by atoms with E-state index < -0.39 is 30.2 Å². The molecule has 13 heteroatoms. The fourth-order valence-electron chi connectivity index (χ4n) is 4.54. The predicted octanol–water partition coefficient (Wildman–Crippen LogP) is 3.04. The molecule has 2 fully saturated rings. The van der Waals surface area contributed by atoms with Gasteiger partial charge in [-0.05, 0) is 56.5 Å². The molecule has 2 aliphatic heterocycles. The standard InChI is InChI=1S/C22H27ClF2N6O3S/c1-30-9-14-8-13(30)10-31(14)5-3-2-4-27-22(33)28-21-18(19(26)32)20(29-35-21)34-11-15-16(24)6-12(23)7-17(15)25/h6-7,13-14H,2-5,8-11H2,1H3,(H2,26,32)(H2,27,28,33). The number of carbonyl (C=O) groups excluding carboxylic acids is 2. The Kier molecular flexibility index (Phi) is 8.05. The number of likely N-dealkylation sites (N-methyl/N-ethyl adjacent to an activating group) is 1. The van der Waals surface area contributed by atoms with Crippen molar-refractivity contribution in [3.05, 3.63) is 39.9 Å². The van der Waals surface area contributed by atoms with E-state index >= 15 is 0 Å². The van der Waals surface area contributed by atoms with E-state index in [-0.39, 0.29) is 27.0 Å². The van der Waals surface area contributed by atoms with Crippen LogP contribution in [0.15, 0.2) is 12.1 Å². The lowest BCUT2D eigenvalue weighted by Gasteiger charge is -2.31. The van der Waals surface area contributed by atoms with E-state index in [1.807, 2.05) is 0 Å². The second kappa shape index (κ2) is 11.0. The molecule has 0 radical (unpaired) electrons. The predicted molar refractivity (Wildman–Crippen MR) is 129 cm³/mol. The van der Waals surface area contributed by atoms with Crippen LogP contribution in [0.4, 0.5) is 18.6 Å². The van der Waals surface area contributed by atoms with Crippen molar-refractivity contribution in [2.45, 2.75) is 38.0 Å². The van der Waals surface area contributed by atoms with Gasteiger partial charge in [0.15, 0.2) is 0 Å². The summed E-state index contributed by atoms with van der Waals surface area (Å²) in [6, 6.07) is 2.69. The van der Waals surface area contributed by atoms with E-state index in [2.05, 4.69) is 31.9 Å². The van der Waals surface area contributed by atoms with Gasteiger partial charge in [-0.1, -0.05) is 11.6 Å². The number of hydrogen-bond donors (Lipinski definition) is 3. The van der Waals surface area contributed by atoms with Crippen LogP contribution in [0.1, 0.15) is 35.2 Å². The van der Waals surface area contributed by atoms with Crippen molar-refractivity contribution in [1.29, 1.82) is 0 Å². The van der Waals surface area contributed by atoms with Crippen LogP contribution in [-0.4, -0.2) is 71.4 Å². The minimum atomic E-state index is -0.897. The van der Waals surface area contributed by atoms with E-state index in [1.165, 1.54) is 6.42 Å². The van der Waals surface area contributed by atoms with E-state index in [0.717, 1.165) is 56.1 Å². The van der Waals surface area contributed by atoms with Crippen LogP contribution in [-0.2, 0) is 6.61 Å². The average molecular weight is 529 g/mol. The van der Waals surface area contributed by atoms with Crippen molar-refractivity contribution >= 4 is 40.1 Å². The SMILES string of the molecule is CN1CC2CC1CN2CCCCNC(=O)Nc1snc(OCc2c(F)cc(Cl)cc2F)c1C(N)=O. The molecular weight excluding hydrogens is 502 g/mol. The number of fused-ring (bicyclic) bond motifs is 2. The third kappa shape index (κ3) is 6.00. The highest BCUT2D eigenvalue weighted by molar-refractivity contribution is 7.11. The summed E-state index contributed by atoms with van der Waals surface area (Å²) in [5.74, 6) is -2.91. The van der Waals surface area contributed by atoms with Gasteiger partial charge in [0.05, 0.1) is 5.56 Å². The summed E-state index contributed by atoms with van der Waals surface area (Å²) in [4.78, 5) is 29.2. The topological polar surface area (TPSA) is 113 Å². The highest BCUT2D eigenvalue weighted by atomic mass is 35.5. The number of nitrogens with one attached hydrogen (secondary N) is 2. The number of ether oxygens (including phenoxy) is 1. The van der Waals surface area contributed by atoms with Crippen LogP contribution in [0.5, 0.6) is 5.88 Å². The zero-order valence-corrected chi connectivity index (χ0v) is 20.7. The van der Waals surface area contributed by atoms with E-state index in [1.54, 1.807) is 0 Å². The number of nitrogens with two attached hydrogens (primary N) is 1. The number of unbranched alkanes of at least 4 members (excludes halogenated alkanes) is 1. The van der Waals surface area contributed by atoms with Gasteiger partial charge in [-0.25, -0.2) is 13.6 Å². The van der Waals surface area contributed by atoms with Gasteiger partial charge in [-0.15, -0.1) is 0 Å². The number of piperazine rings is 1. The molecule has 3 heterocycles. The lowest BCUT2D eigenvalue weighted by molar-refractivity contribution is 0.0996. The summed E-state index contributed by atoms with van der Waals surface area (Å²) < 4.78 is 37.3. The third-order valence-electron chi connectivity index (χ3n) is 6.38. The van der Waals surface area contributed by atoms with Crippen molar-refractivity contribution < 1.29 is 23.1 Å². The fourth-order valence-corrected chi connectivity index (χ4v) is 5.47. The van der Waals surface area contributed by atoms with Gasteiger partial charge in [0.25, 0.3) is 5.91 Å². The second-order valence-electron chi connectivity index (χ2n) is 8.76. The van der Waals surface area contributed by atoms with Crippen molar-refractivity contribution in [1.82, 2.24) is 19.5 Å². The van der Waals surface area contributed by atoms with Crippen LogP contribution < -0.4 is 21.1 Å². The number of nitrogens with zero attached hydrogens (tertiary/aromatic N) is 3.